The van der Waals surface area contributed by atoms with Crippen molar-refractivity contribution in [2.24, 2.45) is 0 Å². The van der Waals surface area contributed by atoms with Gasteiger partial charge in [0.2, 0.25) is 0 Å². The molecule has 1 fully saturated rings. The van der Waals surface area contributed by atoms with Crippen LogP contribution in [-0.4, -0.2) is 22.4 Å². The molecule has 4 heteroatoms. The number of rotatable bonds is 2. The highest BCUT2D eigenvalue weighted by Gasteiger charge is 2.15. The van der Waals surface area contributed by atoms with E-state index >= 15 is 0 Å². The summed E-state index contributed by atoms with van der Waals surface area (Å²) in [6.45, 7) is 3.76. The lowest BCUT2D eigenvalue weighted by atomic mass is 10.2. The Balaban J connectivity index is 2.08. The lowest BCUT2D eigenvalue weighted by molar-refractivity contribution is 0.466. The number of aryl methyl sites for hydroxylation is 1. The van der Waals surface area contributed by atoms with Crippen LogP contribution in [0.15, 0.2) is 10.9 Å². The molecule has 2 rings (SSSR count). The molecule has 4 nitrogen and oxygen atoms in total. The van der Waals surface area contributed by atoms with Crippen molar-refractivity contribution in [2.75, 3.05) is 6.54 Å². The molecule has 72 valence electrons. The van der Waals surface area contributed by atoms with E-state index in [4.69, 9.17) is 0 Å². The molecule has 0 unspecified atom stereocenters. The van der Waals surface area contributed by atoms with Gasteiger partial charge in [0, 0.05) is 17.8 Å². The Hall–Kier alpha value is -1.03. The van der Waals surface area contributed by atoms with Crippen molar-refractivity contribution < 1.29 is 0 Å². The van der Waals surface area contributed by atoms with Crippen LogP contribution in [0.5, 0.6) is 0 Å². The van der Waals surface area contributed by atoms with E-state index in [2.05, 4.69) is 10.4 Å². The van der Waals surface area contributed by atoms with Gasteiger partial charge in [-0.1, -0.05) is 0 Å². The standard InChI is InChI=1S/C9H15N3O/c1-7-5-9(13)12(11-7)6-8-3-2-4-10-8/h5,8,10-11H,2-4,6H2,1H3/t8-/m1/s1. The summed E-state index contributed by atoms with van der Waals surface area (Å²) in [5.74, 6) is 0. The first kappa shape index (κ1) is 8.56. The third-order valence-electron chi connectivity index (χ3n) is 2.48. The zero-order valence-corrected chi connectivity index (χ0v) is 7.84. The second-order valence-corrected chi connectivity index (χ2v) is 3.68. The molecule has 0 aromatic carbocycles. The predicted octanol–water partition coefficient (Wildman–Crippen LogP) is 0.237. The Morgan fingerprint density at radius 1 is 1.69 bits per heavy atom. The van der Waals surface area contributed by atoms with Gasteiger partial charge >= 0.3 is 0 Å². The fraction of sp³-hybridized carbons (Fsp3) is 0.667. The molecule has 0 aliphatic carbocycles. The van der Waals surface area contributed by atoms with Crippen molar-refractivity contribution in [1.82, 2.24) is 15.1 Å². The van der Waals surface area contributed by atoms with Crippen molar-refractivity contribution >= 4 is 0 Å². The Labute approximate surface area is 76.9 Å². The first-order valence-corrected chi connectivity index (χ1v) is 4.75. The lowest BCUT2D eigenvalue weighted by Crippen LogP contribution is -2.31. The van der Waals surface area contributed by atoms with Gasteiger partial charge in [-0.15, -0.1) is 0 Å². The third-order valence-corrected chi connectivity index (χ3v) is 2.48. The van der Waals surface area contributed by atoms with E-state index in [0.717, 1.165) is 18.8 Å². The van der Waals surface area contributed by atoms with Crippen LogP contribution in [0.1, 0.15) is 18.5 Å². The van der Waals surface area contributed by atoms with E-state index in [0.29, 0.717) is 6.04 Å². The summed E-state index contributed by atoms with van der Waals surface area (Å²) in [7, 11) is 0. The molecule has 0 bridgehead atoms. The van der Waals surface area contributed by atoms with Crippen LogP contribution >= 0.6 is 0 Å². The van der Waals surface area contributed by atoms with Crippen molar-refractivity contribution in [1.29, 1.82) is 0 Å². The Morgan fingerprint density at radius 2 is 2.54 bits per heavy atom. The maximum absolute atomic E-state index is 11.3. The molecular weight excluding hydrogens is 166 g/mol. The topological polar surface area (TPSA) is 49.8 Å². The van der Waals surface area contributed by atoms with Crippen molar-refractivity contribution in [3.05, 3.63) is 22.1 Å². The number of nitrogens with one attached hydrogen (secondary N) is 2. The summed E-state index contributed by atoms with van der Waals surface area (Å²) in [6, 6.07) is 2.10. The van der Waals surface area contributed by atoms with Gasteiger partial charge in [-0.05, 0) is 26.3 Å². The van der Waals surface area contributed by atoms with Crippen LogP contribution in [0, 0.1) is 6.92 Å². The average Bonchev–Trinajstić information content (AvgIpc) is 2.63. The van der Waals surface area contributed by atoms with Crippen LogP contribution in [0.2, 0.25) is 0 Å². The summed E-state index contributed by atoms with van der Waals surface area (Å²) in [4.78, 5) is 11.3. The minimum absolute atomic E-state index is 0.0752. The fourth-order valence-corrected chi connectivity index (χ4v) is 1.83. The maximum atomic E-state index is 11.3. The average molecular weight is 181 g/mol. The molecule has 2 heterocycles. The monoisotopic (exact) mass is 181 g/mol. The minimum Gasteiger partial charge on any atom is -0.312 e. The van der Waals surface area contributed by atoms with Gasteiger partial charge in [-0.25, -0.2) is 0 Å². The first-order chi connectivity index (χ1) is 6.25. The maximum Gasteiger partial charge on any atom is 0.266 e. The molecule has 0 saturated carbocycles. The third kappa shape index (κ3) is 1.83. The molecule has 0 spiro atoms. The number of aromatic nitrogens is 2. The molecule has 1 atom stereocenters. The van der Waals surface area contributed by atoms with Crippen LogP contribution in [0.25, 0.3) is 0 Å². The number of aromatic amines is 1. The summed E-state index contributed by atoms with van der Waals surface area (Å²) in [6.07, 6.45) is 2.39. The minimum atomic E-state index is 0.0752. The lowest BCUT2D eigenvalue weighted by Gasteiger charge is -2.09. The zero-order chi connectivity index (χ0) is 9.26. The molecule has 0 radical (unpaired) electrons. The molecular formula is C9H15N3O. The fourth-order valence-electron chi connectivity index (χ4n) is 1.83. The Morgan fingerprint density at radius 3 is 3.08 bits per heavy atom. The van der Waals surface area contributed by atoms with Crippen LogP contribution in [-0.2, 0) is 6.54 Å². The summed E-state index contributed by atoms with van der Waals surface area (Å²) in [5.41, 5.74) is 1.01. The van der Waals surface area contributed by atoms with Gasteiger partial charge < -0.3 is 5.32 Å². The number of H-pyrrole nitrogens is 1. The second kappa shape index (κ2) is 3.38. The smallest absolute Gasteiger partial charge is 0.266 e. The summed E-state index contributed by atoms with van der Waals surface area (Å²) < 4.78 is 1.68. The van der Waals surface area contributed by atoms with E-state index in [9.17, 15) is 4.79 Å². The molecule has 13 heavy (non-hydrogen) atoms. The van der Waals surface area contributed by atoms with Crippen molar-refractivity contribution in [3.8, 4) is 0 Å². The largest absolute Gasteiger partial charge is 0.312 e. The van der Waals surface area contributed by atoms with E-state index in [1.165, 1.54) is 12.8 Å². The van der Waals surface area contributed by atoms with Crippen LogP contribution in [0.4, 0.5) is 0 Å². The Bertz CT molecular complexity index is 333. The molecule has 1 aliphatic heterocycles. The number of hydrogen-bond donors (Lipinski definition) is 2. The molecule has 1 aliphatic rings. The molecule has 1 aromatic rings. The van der Waals surface area contributed by atoms with E-state index < -0.39 is 0 Å². The van der Waals surface area contributed by atoms with Gasteiger partial charge in [0.25, 0.3) is 5.56 Å². The van der Waals surface area contributed by atoms with Crippen LogP contribution < -0.4 is 10.9 Å². The molecule has 2 N–H and O–H groups in total. The van der Waals surface area contributed by atoms with Gasteiger partial charge in [0.05, 0.1) is 6.54 Å². The number of nitrogens with zero attached hydrogens (tertiary/aromatic N) is 1. The quantitative estimate of drug-likeness (QED) is 0.686. The van der Waals surface area contributed by atoms with Gasteiger partial charge in [-0.2, -0.15) is 0 Å². The van der Waals surface area contributed by atoms with Crippen molar-refractivity contribution in [3.63, 3.8) is 0 Å². The summed E-state index contributed by atoms with van der Waals surface area (Å²) in [5, 5.41) is 6.40. The highest BCUT2D eigenvalue weighted by Crippen LogP contribution is 2.05. The summed E-state index contributed by atoms with van der Waals surface area (Å²) >= 11 is 0. The predicted molar refractivity (Wildman–Crippen MR) is 50.8 cm³/mol. The SMILES string of the molecule is Cc1cc(=O)n(C[C@H]2CCCN2)[nH]1. The van der Waals surface area contributed by atoms with E-state index in [-0.39, 0.29) is 5.56 Å². The molecule has 0 amide bonds. The van der Waals surface area contributed by atoms with Gasteiger partial charge in [0.1, 0.15) is 0 Å². The molecule has 1 aromatic heterocycles. The van der Waals surface area contributed by atoms with E-state index in [1.54, 1.807) is 10.7 Å². The van der Waals surface area contributed by atoms with Gasteiger partial charge in [0.15, 0.2) is 0 Å². The first-order valence-electron chi connectivity index (χ1n) is 4.75. The van der Waals surface area contributed by atoms with Gasteiger partial charge in [-0.3, -0.25) is 14.6 Å². The molecule has 1 saturated heterocycles. The second-order valence-electron chi connectivity index (χ2n) is 3.68. The Kier molecular flexibility index (Phi) is 2.22. The zero-order valence-electron chi connectivity index (χ0n) is 7.84. The highest BCUT2D eigenvalue weighted by molar-refractivity contribution is 4.96. The highest BCUT2D eigenvalue weighted by atomic mass is 16.1. The number of hydrogen-bond acceptors (Lipinski definition) is 2. The van der Waals surface area contributed by atoms with E-state index in [1.807, 2.05) is 6.92 Å². The van der Waals surface area contributed by atoms with Crippen LogP contribution in [0.3, 0.4) is 0 Å². The van der Waals surface area contributed by atoms with Crippen molar-refractivity contribution in [2.45, 2.75) is 32.4 Å². The normalized spacial score (nSPS) is 22.4.